The van der Waals surface area contributed by atoms with Crippen LogP contribution in [-0.4, -0.2) is 26.7 Å². The van der Waals surface area contributed by atoms with Crippen molar-refractivity contribution >= 4 is 5.69 Å². The van der Waals surface area contributed by atoms with E-state index in [1.54, 1.807) is 0 Å². The largest absolute Gasteiger partial charge is 0.374 e. The maximum atomic E-state index is 3.45. The van der Waals surface area contributed by atoms with Crippen molar-refractivity contribution < 1.29 is 0 Å². The molecule has 1 aliphatic rings. The molecule has 1 aromatic rings. The highest BCUT2D eigenvalue weighted by atomic mass is 15.1. The fourth-order valence-electron chi connectivity index (χ4n) is 2.80. The second-order valence-electron chi connectivity index (χ2n) is 6.51. The molecular weight excluding hydrogens is 220 g/mol. The summed E-state index contributed by atoms with van der Waals surface area (Å²) in [7, 11) is 2.23. The normalized spacial score (nSPS) is 20.1. The standard InChI is InChI=1S/C16H26N2/c1-16(2,3)14-7-5-6-8-15(14)18(4)12-13-9-10-17-11-13/h5-8,13,17H,9-12H2,1-4H3. The van der Waals surface area contributed by atoms with Crippen LogP contribution in [0.1, 0.15) is 32.8 Å². The third-order valence-corrected chi connectivity index (χ3v) is 3.82. The maximum Gasteiger partial charge on any atom is 0.0401 e. The van der Waals surface area contributed by atoms with Crippen molar-refractivity contribution in [2.24, 2.45) is 5.92 Å². The molecule has 1 N–H and O–H groups in total. The van der Waals surface area contributed by atoms with Gasteiger partial charge in [-0.1, -0.05) is 39.0 Å². The van der Waals surface area contributed by atoms with Crippen molar-refractivity contribution in [3.05, 3.63) is 29.8 Å². The van der Waals surface area contributed by atoms with E-state index in [2.05, 4.69) is 62.3 Å². The van der Waals surface area contributed by atoms with Crippen molar-refractivity contribution in [1.82, 2.24) is 5.32 Å². The van der Waals surface area contributed by atoms with Crippen molar-refractivity contribution in [3.8, 4) is 0 Å². The number of anilines is 1. The predicted octanol–water partition coefficient (Wildman–Crippen LogP) is 3.03. The summed E-state index contributed by atoms with van der Waals surface area (Å²) in [6, 6.07) is 8.81. The molecule has 1 aromatic carbocycles. The van der Waals surface area contributed by atoms with Gasteiger partial charge in [0.1, 0.15) is 0 Å². The van der Waals surface area contributed by atoms with Gasteiger partial charge in [0.05, 0.1) is 0 Å². The molecule has 1 saturated heterocycles. The van der Waals surface area contributed by atoms with Gasteiger partial charge in [0.25, 0.3) is 0 Å². The SMILES string of the molecule is CN(CC1CCNC1)c1ccccc1C(C)(C)C. The molecule has 0 amide bonds. The Morgan fingerprint density at radius 2 is 2.00 bits per heavy atom. The molecule has 0 saturated carbocycles. The van der Waals surface area contributed by atoms with Gasteiger partial charge in [-0.2, -0.15) is 0 Å². The van der Waals surface area contributed by atoms with E-state index in [0.29, 0.717) is 0 Å². The number of benzene rings is 1. The molecule has 1 aliphatic heterocycles. The molecule has 1 atom stereocenters. The summed E-state index contributed by atoms with van der Waals surface area (Å²) in [6.07, 6.45) is 1.31. The van der Waals surface area contributed by atoms with Gasteiger partial charge in [-0.15, -0.1) is 0 Å². The minimum atomic E-state index is 0.207. The maximum absolute atomic E-state index is 3.45. The first-order chi connectivity index (χ1) is 8.48. The molecular formula is C16H26N2. The second kappa shape index (κ2) is 5.31. The lowest BCUT2D eigenvalue weighted by molar-refractivity contribution is 0.563. The van der Waals surface area contributed by atoms with Gasteiger partial charge in [0, 0.05) is 19.3 Å². The van der Waals surface area contributed by atoms with E-state index >= 15 is 0 Å². The first-order valence-electron chi connectivity index (χ1n) is 7.00. The molecule has 18 heavy (non-hydrogen) atoms. The predicted molar refractivity (Wildman–Crippen MR) is 79.4 cm³/mol. The van der Waals surface area contributed by atoms with Crippen LogP contribution in [0.5, 0.6) is 0 Å². The monoisotopic (exact) mass is 246 g/mol. The summed E-state index contributed by atoms with van der Waals surface area (Å²) in [4.78, 5) is 2.43. The smallest absolute Gasteiger partial charge is 0.0401 e. The van der Waals surface area contributed by atoms with Crippen LogP contribution in [0.15, 0.2) is 24.3 Å². The third kappa shape index (κ3) is 3.05. The minimum absolute atomic E-state index is 0.207. The quantitative estimate of drug-likeness (QED) is 0.882. The summed E-state index contributed by atoms with van der Waals surface area (Å²) >= 11 is 0. The highest BCUT2D eigenvalue weighted by molar-refractivity contribution is 5.55. The molecule has 100 valence electrons. The third-order valence-electron chi connectivity index (χ3n) is 3.82. The Morgan fingerprint density at radius 3 is 2.61 bits per heavy atom. The number of rotatable bonds is 3. The molecule has 2 rings (SSSR count). The highest BCUT2D eigenvalue weighted by Gasteiger charge is 2.22. The van der Waals surface area contributed by atoms with Crippen LogP contribution in [0.4, 0.5) is 5.69 Å². The van der Waals surface area contributed by atoms with Crippen LogP contribution < -0.4 is 10.2 Å². The summed E-state index contributed by atoms with van der Waals surface area (Å²) in [5, 5.41) is 3.45. The Hall–Kier alpha value is -1.02. The second-order valence-corrected chi connectivity index (χ2v) is 6.51. The topological polar surface area (TPSA) is 15.3 Å². The first kappa shape index (κ1) is 13.4. The van der Waals surface area contributed by atoms with Gasteiger partial charge < -0.3 is 10.2 Å². The Balaban J connectivity index is 2.16. The molecule has 0 aliphatic carbocycles. The molecule has 0 radical (unpaired) electrons. The Kier molecular flexibility index (Phi) is 3.96. The number of hydrogen-bond donors (Lipinski definition) is 1. The van der Waals surface area contributed by atoms with Crippen molar-refractivity contribution in [2.45, 2.75) is 32.6 Å². The van der Waals surface area contributed by atoms with Crippen molar-refractivity contribution in [2.75, 3.05) is 31.6 Å². The van der Waals surface area contributed by atoms with E-state index in [9.17, 15) is 0 Å². The number of nitrogens with one attached hydrogen (secondary N) is 1. The summed E-state index contributed by atoms with van der Waals surface area (Å²) in [5.74, 6) is 0.794. The van der Waals surface area contributed by atoms with Crippen LogP contribution in [0.3, 0.4) is 0 Å². The van der Waals surface area contributed by atoms with Crippen LogP contribution in [0.2, 0.25) is 0 Å². The van der Waals surface area contributed by atoms with Gasteiger partial charge in [-0.05, 0) is 42.5 Å². The van der Waals surface area contributed by atoms with Crippen LogP contribution in [-0.2, 0) is 5.41 Å². The summed E-state index contributed by atoms with van der Waals surface area (Å²) in [6.45, 7) is 10.4. The fourth-order valence-corrected chi connectivity index (χ4v) is 2.80. The number of hydrogen-bond acceptors (Lipinski definition) is 2. The van der Waals surface area contributed by atoms with Gasteiger partial charge in [0.2, 0.25) is 0 Å². The molecule has 1 heterocycles. The van der Waals surface area contributed by atoms with Crippen LogP contribution in [0, 0.1) is 5.92 Å². The lowest BCUT2D eigenvalue weighted by Crippen LogP contribution is -2.29. The van der Waals surface area contributed by atoms with Gasteiger partial charge in [0.15, 0.2) is 0 Å². The lowest BCUT2D eigenvalue weighted by Gasteiger charge is -2.30. The fraction of sp³-hybridized carbons (Fsp3) is 0.625. The molecule has 0 aromatic heterocycles. The van der Waals surface area contributed by atoms with Crippen molar-refractivity contribution in [1.29, 1.82) is 0 Å². The van der Waals surface area contributed by atoms with Crippen LogP contribution >= 0.6 is 0 Å². The minimum Gasteiger partial charge on any atom is -0.374 e. The zero-order valence-corrected chi connectivity index (χ0v) is 12.2. The molecule has 1 fully saturated rings. The Labute approximate surface area is 111 Å². The van der Waals surface area contributed by atoms with E-state index < -0.39 is 0 Å². The van der Waals surface area contributed by atoms with E-state index in [1.165, 1.54) is 30.8 Å². The van der Waals surface area contributed by atoms with Gasteiger partial charge in [-0.25, -0.2) is 0 Å². The zero-order valence-electron chi connectivity index (χ0n) is 12.2. The van der Waals surface area contributed by atoms with Crippen LogP contribution in [0.25, 0.3) is 0 Å². The van der Waals surface area contributed by atoms with Gasteiger partial charge in [-0.3, -0.25) is 0 Å². The van der Waals surface area contributed by atoms with Gasteiger partial charge >= 0.3 is 0 Å². The molecule has 2 heteroatoms. The van der Waals surface area contributed by atoms with E-state index in [-0.39, 0.29) is 5.41 Å². The zero-order chi connectivity index (χ0) is 13.2. The van der Waals surface area contributed by atoms with E-state index in [0.717, 1.165) is 12.5 Å². The average Bonchev–Trinajstić information content (AvgIpc) is 2.80. The summed E-state index contributed by atoms with van der Waals surface area (Å²) < 4.78 is 0. The molecule has 0 spiro atoms. The van der Waals surface area contributed by atoms with E-state index in [1.807, 2.05) is 0 Å². The molecule has 1 unspecified atom stereocenters. The summed E-state index contributed by atoms with van der Waals surface area (Å²) in [5.41, 5.74) is 3.04. The van der Waals surface area contributed by atoms with E-state index in [4.69, 9.17) is 0 Å². The van der Waals surface area contributed by atoms with Crippen molar-refractivity contribution in [3.63, 3.8) is 0 Å². The number of nitrogens with zero attached hydrogens (tertiary/aromatic N) is 1. The molecule has 0 bridgehead atoms. The number of para-hydroxylation sites is 1. The highest BCUT2D eigenvalue weighted by Crippen LogP contribution is 2.31. The molecule has 2 nitrogen and oxygen atoms in total. The Bertz CT molecular complexity index is 386. The average molecular weight is 246 g/mol. The lowest BCUT2D eigenvalue weighted by atomic mass is 9.85. The Morgan fingerprint density at radius 1 is 1.28 bits per heavy atom. The first-order valence-corrected chi connectivity index (χ1v) is 7.00.